The van der Waals surface area contributed by atoms with Gasteiger partial charge in [-0.2, -0.15) is 0 Å². The number of fused-ring (bicyclic) bond motifs is 1. The first-order valence-electron chi connectivity index (χ1n) is 9.10. The summed E-state index contributed by atoms with van der Waals surface area (Å²) in [5.74, 6) is 0.688. The third kappa shape index (κ3) is 4.03. The Balaban J connectivity index is 1.49. The maximum atomic E-state index is 12.7. The summed E-state index contributed by atoms with van der Waals surface area (Å²) in [6, 6.07) is 14.5. The molecule has 0 radical (unpaired) electrons. The standard InChI is InChI=1S/C22H20N4O3/c1-15-6-5-11-26-13-17(24-21(15)26)14-29-19-8-4-3-7-18(19)22(27)25-16-9-10-20(28-2)23-12-16/h3-13H,14H2,1-2H3,(H,25,27). The molecule has 0 saturated heterocycles. The highest BCUT2D eigenvalue weighted by molar-refractivity contribution is 6.06. The molecule has 0 aliphatic carbocycles. The van der Waals surface area contributed by atoms with E-state index in [1.807, 2.05) is 41.9 Å². The maximum absolute atomic E-state index is 12.7. The molecule has 1 amide bonds. The molecule has 0 spiro atoms. The Kier molecular flexibility index (Phi) is 5.11. The molecule has 7 nitrogen and oxygen atoms in total. The number of amides is 1. The molecule has 4 rings (SSSR count). The van der Waals surface area contributed by atoms with Crippen molar-refractivity contribution in [3.05, 3.63) is 83.9 Å². The van der Waals surface area contributed by atoms with Crippen molar-refractivity contribution in [3.63, 3.8) is 0 Å². The van der Waals surface area contributed by atoms with Crippen molar-refractivity contribution in [2.75, 3.05) is 12.4 Å². The van der Waals surface area contributed by atoms with Gasteiger partial charge in [-0.05, 0) is 36.8 Å². The molecule has 7 heteroatoms. The van der Waals surface area contributed by atoms with E-state index < -0.39 is 0 Å². The number of benzene rings is 1. The van der Waals surface area contributed by atoms with Gasteiger partial charge in [-0.15, -0.1) is 0 Å². The second kappa shape index (κ2) is 8.02. The number of nitrogens with zero attached hydrogens (tertiary/aromatic N) is 3. The van der Waals surface area contributed by atoms with E-state index >= 15 is 0 Å². The van der Waals surface area contributed by atoms with Crippen LogP contribution in [0.2, 0.25) is 0 Å². The van der Waals surface area contributed by atoms with E-state index in [2.05, 4.69) is 15.3 Å². The molecule has 146 valence electrons. The quantitative estimate of drug-likeness (QED) is 0.542. The molecule has 0 aliphatic rings. The number of ether oxygens (including phenoxy) is 2. The number of rotatable bonds is 6. The van der Waals surface area contributed by atoms with E-state index in [0.717, 1.165) is 16.9 Å². The fourth-order valence-corrected chi connectivity index (χ4v) is 2.98. The number of aromatic nitrogens is 3. The summed E-state index contributed by atoms with van der Waals surface area (Å²) in [6.07, 6.45) is 5.41. The molecule has 29 heavy (non-hydrogen) atoms. The number of nitrogens with one attached hydrogen (secondary N) is 1. The highest BCUT2D eigenvalue weighted by Gasteiger charge is 2.14. The minimum absolute atomic E-state index is 0.259. The molecule has 0 aliphatic heterocycles. The Morgan fingerprint density at radius 1 is 1.14 bits per heavy atom. The van der Waals surface area contributed by atoms with E-state index in [9.17, 15) is 4.79 Å². The molecule has 0 saturated carbocycles. The molecule has 1 aromatic carbocycles. The Morgan fingerprint density at radius 2 is 2.00 bits per heavy atom. The van der Waals surface area contributed by atoms with Crippen molar-refractivity contribution in [2.45, 2.75) is 13.5 Å². The number of para-hydroxylation sites is 1. The summed E-state index contributed by atoms with van der Waals surface area (Å²) in [5, 5.41) is 2.82. The zero-order chi connectivity index (χ0) is 20.2. The van der Waals surface area contributed by atoms with Crippen LogP contribution in [0, 0.1) is 6.92 Å². The van der Waals surface area contributed by atoms with Gasteiger partial charge in [-0.25, -0.2) is 9.97 Å². The van der Waals surface area contributed by atoms with Crippen molar-refractivity contribution < 1.29 is 14.3 Å². The predicted molar refractivity (Wildman–Crippen MR) is 109 cm³/mol. The van der Waals surface area contributed by atoms with E-state index in [0.29, 0.717) is 22.9 Å². The monoisotopic (exact) mass is 388 g/mol. The fraction of sp³-hybridized carbons (Fsp3) is 0.136. The molecule has 1 N–H and O–H groups in total. The van der Waals surface area contributed by atoms with Crippen LogP contribution < -0.4 is 14.8 Å². The van der Waals surface area contributed by atoms with Crippen LogP contribution in [-0.4, -0.2) is 27.4 Å². The highest BCUT2D eigenvalue weighted by Crippen LogP contribution is 2.21. The van der Waals surface area contributed by atoms with Crippen LogP contribution in [0.4, 0.5) is 5.69 Å². The Labute approximate surface area is 168 Å². The topological polar surface area (TPSA) is 77.8 Å². The summed E-state index contributed by atoms with van der Waals surface area (Å²) < 4.78 is 12.9. The van der Waals surface area contributed by atoms with Gasteiger partial charge < -0.3 is 19.2 Å². The van der Waals surface area contributed by atoms with E-state index in [1.165, 1.54) is 0 Å². The van der Waals surface area contributed by atoms with Crippen molar-refractivity contribution in [1.29, 1.82) is 0 Å². The van der Waals surface area contributed by atoms with Crippen molar-refractivity contribution in [1.82, 2.24) is 14.4 Å². The molecule has 3 aromatic heterocycles. The first-order valence-corrected chi connectivity index (χ1v) is 9.10. The maximum Gasteiger partial charge on any atom is 0.259 e. The second-order valence-electron chi connectivity index (χ2n) is 6.48. The largest absolute Gasteiger partial charge is 0.486 e. The summed E-state index contributed by atoms with van der Waals surface area (Å²) in [7, 11) is 1.54. The van der Waals surface area contributed by atoms with Gasteiger partial charge in [0.15, 0.2) is 0 Å². The lowest BCUT2D eigenvalue weighted by atomic mass is 10.2. The Hall–Kier alpha value is -3.87. The van der Waals surface area contributed by atoms with Crippen LogP contribution in [0.25, 0.3) is 5.65 Å². The smallest absolute Gasteiger partial charge is 0.259 e. The molecule has 3 heterocycles. The van der Waals surface area contributed by atoms with Gasteiger partial charge >= 0.3 is 0 Å². The number of carbonyl (C=O) groups is 1. The lowest BCUT2D eigenvalue weighted by molar-refractivity contribution is 0.102. The van der Waals surface area contributed by atoms with Gasteiger partial charge in [0.25, 0.3) is 5.91 Å². The van der Waals surface area contributed by atoms with Gasteiger partial charge in [0.05, 0.1) is 30.3 Å². The van der Waals surface area contributed by atoms with Crippen LogP contribution >= 0.6 is 0 Å². The zero-order valence-electron chi connectivity index (χ0n) is 16.1. The summed E-state index contributed by atoms with van der Waals surface area (Å²) in [5.41, 5.74) is 3.77. The molecule has 0 bridgehead atoms. The Bertz CT molecular complexity index is 1150. The van der Waals surface area contributed by atoms with E-state index in [4.69, 9.17) is 9.47 Å². The summed E-state index contributed by atoms with van der Waals surface area (Å²) in [4.78, 5) is 21.4. The minimum Gasteiger partial charge on any atom is -0.486 e. The third-order valence-electron chi connectivity index (χ3n) is 4.44. The van der Waals surface area contributed by atoms with E-state index in [1.54, 1.807) is 43.6 Å². The van der Waals surface area contributed by atoms with Gasteiger partial charge in [0.1, 0.15) is 18.0 Å². The SMILES string of the molecule is COc1ccc(NC(=O)c2ccccc2OCc2cn3cccc(C)c3n2)cn1. The molecule has 0 unspecified atom stereocenters. The summed E-state index contributed by atoms with van der Waals surface area (Å²) >= 11 is 0. The van der Waals surface area contributed by atoms with Crippen LogP contribution in [0.3, 0.4) is 0 Å². The van der Waals surface area contributed by atoms with Gasteiger partial charge in [0, 0.05) is 18.5 Å². The summed E-state index contributed by atoms with van der Waals surface area (Å²) in [6.45, 7) is 2.27. The number of pyridine rings is 2. The lowest BCUT2D eigenvalue weighted by Crippen LogP contribution is -2.14. The van der Waals surface area contributed by atoms with Crippen molar-refractivity contribution in [2.24, 2.45) is 0 Å². The molecule has 4 aromatic rings. The number of methoxy groups -OCH3 is 1. The lowest BCUT2D eigenvalue weighted by Gasteiger charge is -2.11. The number of aryl methyl sites for hydroxylation is 1. The van der Waals surface area contributed by atoms with Crippen LogP contribution in [0.1, 0.15) is 21.6 Å². The fourth-order valence-electron chi connectivity index (χ4n) is 2.98. The number of hydrogen-bond donors (Lipinski definition) is 1. The van der Waals surface area contributed by atoms with Crippen LogP contribution in [0.15, 0.2) is 67.1 Å². The number of carbonyl (C=O) groups excluding carboxylic acids is 1. The van der Waals surface area contributed by atoms with Crippen molar-refractivity contribution in [3.8, 4) is 11.6 Å². The second-order valence-corrected chi connectivity index (χ2v) is 6.48. The molecular formula is C22H20N4O3. The highest BCUT2D eigenvalue weighted by atomic mass is 16.5. The first kappa shape index (κ1) is 18.5. The third-order valence-corrected chi connectivity index (χ3v) is 4.44. The first-order chi connectivity index (χ1) is 14.1. The van der Waals surface area contributed by atoms with Crippen LogP contribution in [0.5, 0.6) is 11.6 Å². The van der Waals surface area contributed by atoms with Gasteiger partial charge in [-0.1, -0.05) is 18.2 Å². The van der Waals surface area contributed by atoms with Gasteiger partial charge in [-0.3, -0.25) is 4.79 Å². The van der Waals surface area contributed by atoms with Crippen LogP contribution in [-0.2, 0) is 6.61 Å². The number of anilines is 1. The predicted octanol–water partition coefficient (Wildman–Crippen LogP) is 3.88. The van der Waals surface area contributed by atoms with Gasteiger partial charge in [0.2, 0.25) is 5.88 Å². The number of imidazole rings is 1. The molecular weight excluding hydrogens is 368 g/mol. The average molecular weight is 388 g/mol. The normalized spacial score (nSPS) is 10.7. The average Bonchev–Trinajstić information content (AvgIpc) is 3.17. The molecule has 0 atom stereocenters. The van der Waals surface area contributed by atoms with E-state index in [-0.39, 0.29) is 12.5 Å². The number of hydrogen-bond acceptors (Lipinski definition) is 5. The minimum atomic E-state index is -0.279. The molecule has 0 fully saturated rings. The van der Waals surface area contributed by atoms with Crippen molar-refractivity contribution >= 4 is 17.2 Å². The Morgan fingerprint density at radius 3 is 2.76 bits per heavy atom. The zero-order valence-corrected chi connectivity index (χ0v) is 16.1.